The van der Waals surface area contributed by atoms with Crippen LogP contribution in [0.3, 0.4) is 0 Å². The summed E-state index contributed by atoms with van der Waals surface area (Å²) in [7, 11) is 0. The van der Waals surface area contributed by atoms with Gasteiger partial charge in [-0.1, -0.05) is 26.0 Å². The Bertz CT molecular complexity index is 447. The summed E-state index contributed by atoms with van der Waals surface area (Å²) in [5, 5.41) is 0. The first-order chi connectivity index (χ1) is 9.08. The number of amides is 2. The number of rotatable bonds is 5. The Kier molecular flexibility index (Phi) is 6.52. The van der Waals surface area contributed by atoms with Gasteiger partial charge >= 0.3 is 0 Å². The van der Waals surface area contributed by atoms with Crippen molar-refractivity contribution in [3.05, 3.63) is 34.3 Å². The van der Waals surface area contributed by atoms with Crippen LogP contribution in [0.2, 0.25) is 0 Å². The molecule has 1 aromatic rings. The zero-order valence-corrected chi connectivity index (χ0v) is 12.7. The molecule has 0 aliphatic carbocycles. The first-order valence-electron chi connectivity index (χ1n) is 6.14. The van der Waals surface area contributed by atoms with Crippen LogP contribution in [-0.2, 0) is 4.79 Å². The van der Waals surface area contributed by atoms with Gasteiger partial charge in [-0.15, -0.1) is 0 Å². The molecule has 0 spiro atoms. The van der Waals surface area contributed by atoms with Crippen LogP contribution >= 0.6 is 15.9 Å². The Morgan fingerprint density at radius 3 is 2.37 bits per heavy atom. The second kappa shape index (κ2) is 7.91. The van der Waals surface area contributed by atoms with Gasteiger partial charge in [0.2, 0.25) is 0 Å². The predicted molar refractivity (Wildman–Crippen MR) is 77.5 cm³/mol. The SMILES string of the molecule is CCN(CC)CC(=O)NNC(=O)c1ccccc1Br. The molecule has 0 aliphatic heterocycles. The average molecular weight is 328 g/mol. The van der Waals surface area contributed by atoms with Gasteiger partial charge in [0.15, 0.2) is 0 Å². The fraction of sp³-hybridized carbons (Fsp3) is 0.385. The number of nitrogens with one attached hydrogen (secondary N) is 2. The number of nitrogens with zero attached hydrogens (tertiary/aromatic N) is 1. The van der Waals surface area contributed by atoms with E-state index in [9.17, 15) is 9.59 Å². The Balaban J connectivity index is 2.47. The van der Waals surface area contributed by atoms with E-state index in [-0.39, 0.29) is 18.4 Å². The average Bonchev–Trinajstić information content (AvgIpc) is 2.42. The summed E-state index contributed by atoms with van der Waals surface area (Å²) < 4.78 is 0.686. The van der Waals surface area contributed by atoms with Crippen LogP contribution < -0.4 is 10.9 Å². The van der Waals surface area contributed by atoms with Gasteiger partial charge in [0.1, 0.15) is 0 Å². The molecule has 104 valence electrons. The Morgan fingerprint density at radius 2 is 1.79 bits per heavy atom. The van der Waals surface area contributed by atoms with E-state index in [1.807, 2.05) is 24.8 Å². The molecular weight excluding hydrogens is 310 g/mol. The topological polar surface area (TPSA) is 61.4 Å². The molecule has 0 unspecified atom stereocenters. The number of likely N-dealkylation sites (N-methyl/N-ethyl adjacent to an activating group) is 1. The summed E-state index contributed by atoms with van der Waals surface area (Å²) in [5.41, 5.74) is 5.28. The smallest absolute Gasteiger partial charge is 0.270 e. The molecule has 1 rings (SSSR count). The quantitative estimate of drug-likeness (QED) is 0.807. The second-order valence-corrected chi connectivity index (χ2v) is 4.80. The monoisotopic (exact) mass is 327 g/mol. The van der Waals surface area contributed by atoms with Gasteiger partial charge in [-0.05, 0) is 41.2 Å². The van der Waals surface area contributed by atoms with Crippen molar-refractivity contribution in [3.8, 4) is 0 Å². The van der Waals surface area contributed by atoms with Crippen LogP contribution in [-0.4, -0.2) is 36.3 Å². The maximum absolute atomic E-state index is 11.8. The fourth-order valence-corrected chi connectivity index (χ4v) is 1.99. The highest BCUT2D eigenvalue weighted by atomic mass is 79.9. The van der Waals surface area contributed by atoms with Crippen molar-refractivity contribution in [1.82, 2.24) is 15.8 Å². The molecule has 0 aliphatic rings. The highest BCUT2D eigenvalue weighted by Gasteiger charge is 2.11. The number of carbonyl (C=O) groups excluding carboxylic acids is 2. The van der Waals surface area contributed by atoms with Crippen LogP contribution in [0.25, 0.3) is 0 Å². The largest absolute Gasteiger partial charge is 0.295 e. The molecule has 1 aromatic carbocycles. The molecule has 6 heteroatoms. The van der Waals surface area contributed by atoms with Crippen LogP contribution in [0.15, 0.2) is 28.7 Å². The zero-order chi connectivity index (χ0) is 14.3. The third kappa shape index (κ3) is 5.00. The zero-order valence-electron chi connectivity index (χ0n) is 11.1. The lowest BCUT2D eigenvalue weighted by Crippen LogP contribution is -2.46. The lowest BCUT2D eigenvalue weighted by molar-refractivity contribution is -0.122. The molecule has 2 amide bonds. The second-order valence-electron chi connectivity index (χ2n) is 3.94. The minimum Gasteiger partial charge on any atom is -0.295 e. The molecule has 19 heavy (non-hydrogen) atoms. The maximum Gasteiger partial charge on any atom is 0.270 e. The van der Waals surface area contributed by atoms with Crippen molar-refractivity contribution in [3.63, 3.8) is 0 Å². The van der Waals surface area contributed by atoms with Crippen molar-refractivity contribution in [2.45, 2.75) is 13.8 Å². The number of hydrazine groups is 1. The third-order valence-corrected chi connectivity index (χ3v) is 3.39. The molecule has 0 aromatic heterocycles. The van der Waals surface area contributed by atoms with Crippen molar-refractivity contribution in [2.75, 3.05) is 19.6 Å². The molecular formula is C13H18BrN3O2. The molecule has 0 atom stereocenters. The fourth-order valence-electron chi connectivity index (χ4n) is 1.53. The highest BCUT2D eigenvalue weighted by Crippen LogP contribution is 2.14. The molecule has 0 radical (unpaired) electrons. The van der Waals surface area contributed by atoms with Crippen LogP contribution in [0.4, 0.5) is 0 Å². The van der Waals surface area contributed by atoms with E-state index in [2.05, 4.69) is 26.8 Å². The van der Waals surface area contributed by atoms with E-state index in [1.165, 1.54) is 0 Å². The van der Waals surface area contributed by atoms with E-state index in [0.717, 1.165) is 13.1 Å². The molecule has 0 saturated heterocycles. The summed E-state index contributed by atoms with van der Waals surface area (Å²) in [4.78, 5) is 25.4. The van der Waals surface area contributed by atoms with Gasteiger partial charge in [-0.25, -0.2) is 0 Å². The normalized spacial score (nSPS) is 10.3. The van der Waals surface area contributed by atoms with Crippen LogP contribution in [0.1, 0.15) is 24.2 Å². The minimum absolute atomic E-state index is 0.232. The molecule has 0 saturated carbocycles. The standard InChI is InChI=1S/C13H18BrN3O2/c1-3-17(4-2)9-12(18)15-16-13(19)10-7-5-6-8-11(10)14/h5-8H,3-4,9H2,1-2H3,(H,15,18)(H,16,19). The first kappa shape index (κ1) is 15.7. The number of benzene rings is 1. The Hall–Kier alpha value is -1.40. The number of hydrogen-bond donors (Lipinski definition) is 2. The number of halogens is 1. The summed E-state index contributed by atoms with van der Waals surface area (Å²) >= 11 is 3.28. The number of carbonyl (C=O) groups is 2. The summed E-state index contributed by atoms with van der Waals surface area (Å²) in [6.45, 7) is 5.82. The summed E-state index contributed by atoms with van der Waals surface area (Å²) in [5.74, 6) is -0.579. The molecule has 0 heterocycles. The van der Waals surface area contributed by atoms with Gasteiger partial charge in [0, 0.05) is 4.47 Å². The van der Waals surface area contributed by atoms with Gasteiger partial charge in [-0.2, -0.15) is 0 Å². The molecule has 2 N–H and O–H groups in total. The van der Waals surface area contributed by atoms with E-state index in [1.54, 1.807) is 18.2 Å². The van der Waals surface area contributed by atoms with Gasteiger partial charge in [-0.3, -0.25) is 25.3 Å². The van der Waals surface area contributed by atoms with Crippen LogP contribution in [0, 0.1) is 0 Å². The third-order valence-electron chi connectivity index (χ3n) is 2.70. The Labute approximate surface area is 121 Å². The van der Waals surface area contributed by atoms with Crippen molar-refractivity contribution in [2.24, 2.45) is 0 Å². The number of hydrogen-bond acceptors (Lipinski definition) is 3. The van der Waals surface area contributed by atoms with Crippen molar-refractivity contribution < 1.29 is 9.59 Å². The van der Waals surface area contributed by atoms with Crippen LogP contribution in [0.5, 0.6) is 0 Å². The first-order valence-corrected chi connectivity index (χ1v) is 6.93. The lowest BCUT2D eigenvalue weighted by Gasteiger charge is -2.17. The highest BCUT2D eigenvalue weighted by molar-refractivity contribution is 9.10. The van der Waals surface area contributed by atoms with E-state index in [4.69, 9.17) is 0 Å². The molecule has 0 fully saturated rings. The van der Waals surface area contributed by atoms with E-state index >= 15 is 0 Å². The summed E-state index contributed by atoms with van der Waals surface area (Å²) in [6, 6.07) is 7.03. The Morgan fingerprint density at radius 1 is 1.16 bits per heavy atom. The minimum atomic E-state index is -0.347. The maximum atomic E-state index is 11.8. The summed E-state index contributed by atoms with van der Waals surface area (Å²) in [6.07, 6.45) is 0. The van der Waals surface area contributed by atoms with E-state index < -0.39 is 0 Å². The van der Waals surface area contributed by atoms with Gasteiger partial charge < -0.3 is 0 Å². The lowest BCUT2D eigenvalue weighted by atomic mass is 10.2. The van der Waals surface area contributed by atoms with Crippen molar-refractivity contribution >= 4 is 27.7 Å². The predicted octanol–water partition coefficient (Wildman–Crippen LogP) is 1.55. The van der Waals surface area contributed by atoms with Gasteiger partial charge in [0.25, 0.3) is 11.8 Å². The van der Waals surface area contributed by atoms with Crippen molar-refractivity contribution in [1.29, 1.82) is 0 Å². The molecule has 5 nitrogen and oxygen atoms in total. The van der Waals surface area contributed by atoms with Gasteiger partial charge in [0.05, 0.1) is 12.1 Å². The molecule has 0 bridgehead atoms. The van der Waals surface area contributed by atoms with E-state index in [0.29, 0.717) is 10.0 Å².